The largest absolute Gasteiger partial charge is 0.309 e. The van der Waals surface area contributed by atoms with E-state index in [0.717, 1.165) is 11.4 Å². The van der Waals surface area contributed by atoms with Crippen LogP contribution in [0.25, 0.3) is 96.7 Å². The van der Waals surface area contributed by atoms with Gasteiger partial charge in [-0.05, 0) is 65.4 Å². The molecule has 0 N–H and O–H groups in total. The van der Waals surface area contributed by atoms with Crippen LogP contribution in [0.4, 0.5) is 0 Å². The predicted molar refractivity (Wildman–Crippen MR) is 203 cm³/mol. The molecule has 0 spiro atoms. The molecular formula is C44H26N2S. The quantitative estimate of drug-likeness (QED) is 0.171. The van der Waals surface area contributed by atoms with Crippen LogP contribution < -0.4 is 0 Å². The van der Waals surface area contributed by atoms with Crippen molar-refractivity contribution in [3.05, 3.63) is 158 Å². The molecule has 0 amide bonds. The van der Waals surface area contributed by atoms with Crippen molar-refractivity contribution in [2.24, 2.45) is 0 Å². The molecule has 47 heavy (non-hydrogen) atoms. The van der Waals surface area contributed by atoms with Crippen molar-refractivity contribution in [1.82, 2.24) is 9.13 Å². The van der Waals surface area contributed by atoms with E-state index in [-0.39, 0.29) is 0 Å². The minimum atomic E-state index is 1.16. The summed E-state index contributed by atoms with van der Waals surface area (Å²) in [5.74, 6) is 0. The second-order valence-corrected chi connectivity index (χ2v) is 13.6. The molecule has 0 fully saturated rings. The van der Waals surface area contributed by atoms with Crippen LogP contribution >= 0.6 is 11.3 Å². The third kappa shape index (κ3) is 3.34. The number of hydrogen-bond donors (Lipinski definition) is 0. The second kappa shape index (κ2) is 9.32. The summed E-state index contributed by atoms with van der Waals surface area (Å²) in [7, 11) is 0. The van der Waals surface area contributed by atoms with Gasteiger partial charge in [0.25, 0.3) is 0 Å². The summed E-state index contributed by atoms with van der Waals surface area (Å²) >= 11 is 1.89. The average Bonchev–Trinajstić information content (AvgIpc) is 3.80. The van der Waals surface area contributed by atoms with E-state index in [9.17, 15) is 0 Å². The van der Waals surface area contributed by atoms with Gasteiger partial charge in [-0.1, -0.05) is 103 Å². The van der Waals surface area contributed by atoms with Crippen LogP contribution in [-0.4, -0.2) is 9.13 Å². The number of thiophene rings is 1. The monoisotopic (exact) mass is 614 g/mol. The first kappa shape index (κ1) is 25.3. The van der Waals surface area contributed by atoms with Crippen LogP contribution in [-0.2, 0) is 0 Å². The van der Waals surface area contributed by atoms with Gasteiger partial charge in [-0.3, -0.25) is 0 Å². The molecule has 0 aliphatic heterocycles. The van der Waals surface area contributed by atoms with Crippen molar-refractivity contribution in [1.29, 1.82) is 0 Å². The molecule has 0 saturated carbocycles. The Balaban J connectivity index is 1.26. The Morgan fingerprint density at radius 2 is 0.787 bits per heavy atom. The number of aromatic nitrogens is 2. The van der Waals surface area contributed by atoms with Crippen molar-refractivity contribution < 1.29 is 0 Å². The fraction of sp³-hybridized carbons (Fsp3) is 0. The van der Waals surface area contributed by atoms with E-state index in [0.29, 0.717) is 0 Å². The summed E-state index contributed by atoms with van der Waals surface area (Å²) < 4.78 is 7.55. The maximum atomic E-state index is 2.50. The summed E-state index contributed by atoms with van der Waals surface area (Å²) in [5.41, 5.74) is 7.26. The maximum Gasteiger partial charge on any atom is 0.0626 e. The highest BCUT2D eigenvalue weighted by atomic mass is 32.1. The third-order valence-corrected chi connectivity index (χ3v) is 11.2. The Morgan fingerprint density at radius 1 is 0.298 bits per heavy atom. The molecule has 218 valence electrons. The summed E-state index contributed by atoms with van der Waals surface area (Å²) in [4.78, 5) is 0. The van der Waals surface area contributed by atoms with Crippen molar-refractivity contribution in [2.45, 2.75) is 0 Å². The SMILES string of the molecule is c1ccc2c(c1)sc1ccc3c(c4ccccc4c4c5ccccc5n(-c5ccc(-n6c7ccccc7c7ccccc76)cc5)c34)c12. The summed E-state index contributed by atoms with van der Waals surface area (Å²) in [6, 6.07) is 58.0. The minimum Gasteiger partial charge on any atom is -0.309 e. The third-order valence-electron chi connectivity index (χ3n) is 10.1. The minimum absolute atomic E-state index is 1.16. The summed E-state index contributed by atoms with van der Waals surface area (Å²) in [6.07, 6.45) is 0. The van der Waals surface area contributed by atoms with E-state index in [1.807, 2.05) is 11.3 Å². The van der Waals surface area contributed by atoms with Gasteiger partial charge in [0.1, 0.15) is 0 Å². The van der Waals surface area contributed by atoms with Crippen molar-refractivity contribution in [3.8, 4) is 11.4 Å². The van der Waals surface area contributed by atoms with Gasteiger partial charge in [0, 0.05) is 63.9 Å². The van der Waals surface area contributed by atoms with Crippen molar-refractivity contribution >= 4 is 96.7 Å². The molecular weight excluding hydrogens is 589 g/mol. The number of hydrogen-bond acceptors (Lipinski definition) is 1. The van der Waals surface area contributed by atoms with Crippen LogP contribution in [0.2, 0.25) is 0 Å². The van der Waals surface area contributed by atoms with E-state index < -0.39 is 0 Å². The Bertz CT molecular complexity index is 3010. The molecule has 0 unspecified atom stereocenters. The Kier molecular flexibility index (Phi) is 5.02. The molecule has 0 bridgehead atoms. The highest BCUT2D eigenvalue weighted by Gasteiger charge is 2.21. The number of nitrogens with zero attached hydrogens (tertiary/aromatic N) is 2. The lowest BCUT2D eigenvalue weighted by molar-refractivity contribution is 1.15. The lowest BCUT2D eigenvalue weighted by Gasteiger charge is -2.14. The Hall–Kier alpha value is -5.90. The molecule has 3 heteroatoms. The van der Waals surface area contributed by atoms with Crippen LogP contribution in [0.3, 0.4) is 0 Å². The first-order valence-electron chi connectivity index (χ1n) is 16.1. The molecule has 3 aromatic heterocycles. The fourth-order valence-corrected chi connectivity index (χ4v) is 9.31. The number of fused-ring (bicyclic) bond motifs is 15. The van der Waals surface area contributed by atoms with Crippen molar-refractivity contribution in [3.63, 3.8) is 0 Å². The molecule has 11 rings (SSSR count). The molecule has 0 aliphatic carbocycles. The van der Waals surface area contributed by atoms with Crippen molar-refractivity contribution in [2.75, 3.05) is 0 Å². The zero-order valence-electron chi connectivity index (χ0n) is 25.3. The molecule has 0 saturated heterocycles. The number of para-hydroxylation sites is 3. The Morgan fingerprint density at radius 3 is 1.45 bits per heavy atom. The van der Waals surface area contributed by atoms with E-state index in [4.69, 9.17) is 0 Å². The molecule has 0 aliphatic rings. The Labute approximate surface area is 273 Å². The van der Waals surface area contributed by atoms with E-state index in [1.165, 1.54) is 85.3 Å². The maximum absolute atomic E-state index is 2.50. The molecule has 0 radical (unpaired) electrons. The molecule has 11 aromatic rings. The predicted octanol–water partition coefficient (Wildman–Crippen LogP) is 12.6. The highest BCUT2D eigenvalue weighted by Crippen LogP contribution is 2.47. The van der Waals surface area contributed by atoms with E-state index in [1.54, 1.807) is 0 Å². The molecule has 0 atom stereocenters. The second-order valence-electron chi connectivity index (χ2n) is 12.5. The lowest BCUT2D eigenvalue weighted by Crippen LogP contribution is -1.97. The van der Waals surface area contributed by atoms with Crippen LogP contribution in [0.15, 0.2) is 158 Å². The van der Waals surface area contributed by atoms with Crippen LogP contribution in [0.1, 0.15) is 0 Å². The number of benzene rings is 8. The zero-order chi connectivity index (χ0) is 30.6. The van der Waals surface area contributed by atoms with Crippen LogP contribution in [0, 0.1) is 0 Å². The lowest BCUT2D eigenvalue weighted by atomic mass is 9.94. The average molecular weight is 615 g/mol. The van der Waals surface area contributed by atoms with Gasteiger partial charge >= 0.3 is 0 Å². The smallest absolute Gasteiger partial charge is 0.0626 e. The number of rotatable bonds is 2. The molecule has 3 heterocycles. The molecule has 8 aromatic carbocycles. The van der Waals surface area contributed by atoms with Gasteiger partial charge in [0.15, 0.2) is 0 Å². The van der Waals surface area contributed by atoms with Gasteiger partial charge in [0.2, 0.25) is 0 Å². The highest BCUT2D eigenvalue weighted by molar-refractivity contribution is 7.26. The normalized spacial score (nSPS) is 12.3. The standard InChI is InChI=1S/C44H26N2S/c1-2-14-32-31(13-1)41-35(25-26-40-43(41)34-16-6-10-20-39(34)47-40)44-42(32)33-15-5-9-19-38(33)46(44)28-23-21-27(22-24-28)45-36-17-7-3-11-29(36)30-12-4-8-18-37(30)45/h1-26H. The summed E-state index contributed by atoms with van der Waals surface area (Å²) in [5, 5.41) is 13.1. The van der Waals surface area contributed by atoms with Gasteiger partial charge in [-0.25, -0.2) is 0 Å². The first-order chi connectivity index (χ1) is 23.3. The van der Waals surface area contributed by atoms with E-state index in [2.05, 4.69) is 167 Å². The molecule has 2 nitrogen and oxygen atoms in total. The van der Waals surface area contributed by atoms with Crippen LogP contribution in [0.5, 0.6) is 0 Å². The van der Waals surface area contributed by atoms with Gasteiger partial charge < -0.3 is 9.13 Å². The van der Waals surface area contributed by atoms with Gasteiger partial charge in [0.05, 0.1) is 22.1 Å². The summed E-state index contributed by atoms with van der Waals surface area (Å²) in [6.45, 7) is 0. The zero-order valence-corrected chi connectivity index (χ0v) is 26.1. The first-order valence-corrected chi connectivity index (χ1v) is 16.9. The fourth-order valence-electron chi connectivity index (χ4n) is 8.20. The van der Waals surface area contributed by atoms with Gasteiger partial charge in [-0.15, -0.1) is 11.3 Å². The topological polar surface area (TPSA) is 9.86 Å². The van der Waals surface area contributed by atoms with E-state index >= 15 is 0 Å². The van der Waals surface area contributed by atoms with Gasteiger partial charge in [-0.2, -0.15) is 0 Å².